The molecule has 0 rings (SSSR count). The summed E-state index contributed by atoms with van der Waals surface area (Å²) < 4.78 is 0. The quantitative estimate of drug-likeness (QED) is 0.396. The van der Waals surface area contributed by atoms with Crippen molar-refractivity contribution in [3.63, 3.8) is 0 Å². The van der Waals surface area contributed by atoms with Gasteiger partial charge in [0.1, 0.15) is 0 Å². The van der Waals surface area contributed by atoms with E-state index >= 15 is 0 Å². The predicted octanol–water partition coefficient (Wildman–Crippen LogP) is 5.97. The summed E-state index contributed by atoms with van der Waals surface area (Å²) in [5, 5.41) is 0. The molecule has 0 saturated heterocycles. The minimum absolute atomic E-state index is 0.0265. The van der Waals surface area contributed by atoms with E-state index in [0.29, 0.717) is 5.92 Å². The average Bonchev–Trinajstić information content (AvgIpc) is 2.50. The van der Waals surface area contributed by atoms with Crippen LogP contribution in [0.2, 0.25) is 0 Å². The molecule has 0 aliphatic rings. The molecule has 156 valence electrons. The lowest BCUT2D eigenvalue weighted by Gasteiger charge is -2.61. The number of carbonyl (C=O) groups is 1. The maximum absolute atomic E-state index is 12.4. The number of hydrogen-bond acceptors (Lipinski definition) is 2. The molecule has 0 aromatic heterocycles. The van der Waals surface area contributed by atoms with Gasteiger partial charge in [0, 0.05) is 11.1 Å². The number of carbonyl (C=O) groups excluding carboxylic acids is 1. The summed E-state index contributed by atoms with van der Waals surface area (Å²) in [5.74, 6) is 0.614. The Hall–Kier alpha value is -0.570. The minimum atomic E-state index is -0.305. The van der Waals surface area contributed by atoms with E-state index in [0.717, 1.165) is 6.41 Å². The van der Waals surface area contributed by atoms with E-state index in [1.165, 1.54) is 32.1 Å². The van der Waals surface area contributed by atoms with Gasteiger partial charge in [-0.2, -0.15) is 0 Å². The minimum Gasteiger partial charge on any atom is -0.333 e. The second-order valence-electron chi connectivity index (χ2n) is 10.4. The van der Waals surface area contributed by atoms with Crippen molar-refractivity contribution in [3.8, 4) is 0 Å². The summed E-state index contributed by atoms with van der Waals surface area (Å²) in [7, 11) is 4.20. The molecule has 0 aromatic carbocycles. The zero-order valence-corrected chi connectivity index (χ0v) is 20.0. The van der Waals surface area contributed by atoms with Crippen LogP contribution in [0, 0.1) is 11.3 Å². The Labute approximate surface area is 164 Å². The Morgan fingerprint density at radius 1 is 0.769 bits per heavy atom. The monoisotopic (exact) mass is 368 g/mol. The van der Waals surface area contributed by atoms with Gasteiger partial charge in [-0.1, -0.05) is 53.4 Å². The first kappa shape index (κ1) is 25.4. The summed E-state index contributed by atoms with van der Waals surface area (Å²) in [5.41, 5.74) is -0.677. The molecule has 1 atom stereocenters. The van der Waals surface area contributed by atoms with Gasteiger partial charge < -0.3 is 9.80 Å². The molecule has 0 N–H and O–H groups in total. The van der Waals surface area contributed by atoms with Crippen molar-refractivity contribution in [1.82, 2.24) is 9.80 Å². The van der Waals surface area contributed by atoms with Gasteiger partial charge >= 0.3 is 0 Å². The van der Waals surface area contributed by atoms with Crippen LogP contribution in [-0.2, 0) is 4.79 Å². The fourth-order valence-electron chi connectivity index (χ4n) is 4.28. The molecule has 0 aromatic rings. The molecule has 0 aliphatic carbocycles. The van der Waals surface area contributed by atoms with Crippen molar-refractivity contribution >= 4 is 6.41 Å². The van der Waals surface area contributed by atoms with Gasteiger partial charge in [0.2, 0.25) is 6.41 Å². The Morgan fingerprint density at radius 3 is 1.62 bits per heavy atom. The molecular weight excluding hydrogens is 320 g/mol. The fourth-order valence-corrected chi connectivity index (χ4v) is 4.28. The topological polar surface area (TPSA) is 23.6 Å². The number of likely N-dealkylation sites (N-methyl/N-ethyl adjacent to an activating group) is 1. The van der Waals surface area contributed by atoms with Gasteiger partial charge in [0.15, 0.2) is 0 Å². The van der Waals surface area contributed by atoms with Crippen LogP contribution in [0.4, 0.5) is 0 Å². The standard InChI is InChI=1S/C23H48N2O/c1-13-15-17-19(16-14-2)20(3,4)21(5,6)25(18-26)23(9,10)22(7,8)24(11)12/h18-19H,13-17H2,1-12H3. The van der Waals surface area contributed by atoms with Gasteiger partial charge in [0.05, 0.1) is 5.54 Å². The Balaban J connectivity index is 6.07. The van der Waals surface area contributed by atoms with Crippen LogP contribution in [0.1, 0.15) is 101 Å². The van der Waals surface area contributed by atoms with Crippen LogP contribution in [0.15, 0.2) is 0 Å². The van der Waals surface area contributed by atoms with E-state index in [4.69, 9.17) is 0 Å². The summed E-state index contributed by atoms with van der Waals surface area (Å²) in [6.45, 7) is 22.7. The van der Waals surface area contributed by atoms with Crippen molar-refractivity contribution in [1.29, 1.82) is 0 Å². The molecule has 0 spiro atoms. The zero-order chi connectivity index (χ0) is 21.0. The van der Waals surface area contributed by atoms with Gasteiger partial charge in [-0.15, -0.1) is 0 Å². The van der Waals surface area contributed by atoms with E-state index in [1.54, 1.807) is 0 Å². The third-order valence-corrected chi connectivity index (χ3v) is 8.07. The highest BCUT2D eigenvalue weighted by molar-refractivity contribution is 5.52. The third kappa shape index (κ3) is 4.64. The Morgan fingerprint density at radius 2 is 1.27 bits per heavy atom. The maximum Gasteiger partial charge on any atom is 0.210 e. The van der Waals surface area contributed by atoms with Gasteiger partial charge in [0.25, 0.3) is 0 Å². The van der Waals surface area contributed by atoms with Crippen LogP contribution in [-0.4, -0.2) is 46.9 Å². The highest BCUT2D eigenvalue weighted by Gasteiger charge is 2.54. The zero-order valence-electron chi connectivity index (χ0n) is 20.0. The summed E-state index contributed by atoms with van der Waals surface area (Å²) in [4.78, 5) is 16.8. The molecule has 26 heavy (non-hydrogen) atoms. The van der Waals surface area contributed by atoms with Gasteiger partial charge in [-0.3, -0.25) is 4.79 Å². The molecule has 0 saturated carbocycles. The van der Waals surface area contributed by atoms with E-state index < -0.39 is 0 Å². The lowest BCUT2D eigenvalue weighted by molar-refractivity contribution is -0.153. The smallest absolute Gasteiger partial charge is 0.210 e. The van der Waals surface area contributed by atoms with Crippen molar-refractivity contribution in [2.24, 2.45) is 11.3 Å². The number of amides is 1. The molecule has 0 aliphatic heterocycles. The highest BCUT2D eigenvalue weighted by Crippen LogP contribution is 2.49. The second kappa shape index (κ2) is 9.08. The summed E-state index contributed by atoms with van der Waals surface area (Å²) in [6, 6.07) is 0. The van der Waals surface area contributed by atoms with Crippen molar-refractivity contribution < 1.29 is 4.79 Å². The predicted molar refractivity (Wildman–Crippen MR) is 116 cm³/mol. The SMILES string of the molecule is CCCCC(CCC)C(C)(C)C(C)(C)N(C=O)C(C)(C)C(C)(C)N(C)C. The largest absolute Gasteiger partial charge is 0.333 e. The highest BCUT2D eigenvalue weighted by atomic mass is 16.1. The van der Waals surface area contributed by atoms with Gasteiger partial charge in [-0.05, 0) is 73.4 Å². The molecule has 0 radical (unpaired) electrons. The van der Waals surface area contributed by atoms with Crippen molar-refractivity contribution in [3.05, 3.63) is 0 Å². The van der Waals surface area contributed by atoms with E-state index in [9.17, 15) is 4.79 Å². The average molecular weight is 369 g/mol. The Bertz CT molecular complexity index is 435. The molecule has 0 heterocycles. The number of rotatable bonds is 12. The fraction of sp³-hybridized carbons (Fsp3) is 0.957. The number of nitrogens with zero attached hydrogens (tertiary/aromatic N) is 2. The lowest BCUT2D eigenvalue weighted by Crippen LogP contribution is -2.71. The van der Waals surface area contributed by atoms with Crippen LogP contribution < -0.4 is 0 Å². The van der Waals surface area contributed by atoms with E-state index in [-0.39, 0.29) is 22.0 Å². The second-order valence-corrected chi connectivity index (χ2v) is 10.4. The van der Waals surface area contributed by atoms with Crippen LogP contribution in [0.25, 0.3) is 0 Å². The molecule has 0 fully saturated rings. The number of unbranched alkanes of at least 4 members (excludes halogenated alkanes) is 1. The van der Waals surface area contributed by atoms with Crippen LogP contribution in [0.3, 0.4) is 0 Å². The molecule has 0 bridgehead atoms. The third-order valence-electron chi connectivity index (χ3n) is 8.07. The molecule has 1 amide bonds. The molecule has 3 heteroatoms. The molecular formula is C23H48N2O. The normalized spacial score (nSPS) is 15.3. The van der Waals surface area contributed by atoms with E-state index in [2.05, 4.69) is 93.1 Å². The number of hydrogen-bond donors (Lipinski definition) is 0. The molecule has 3 nitrogen and oxygen atoms in total. The summed E-state index contributed by atoms with van der Waals surface area (Å²) in [6.07, 6.45) is 7.24. The first-order chi connectivity index (χ1) is 11.7. The first-order valence-electron chi connectivity index (χ1n) is 10.6. The Kier molecular flexibility index (Phi) is 8.88. The van der Waals surface area contributed by atoms with E-state index in [1.807, 2.05) is 0 Å². The van der Waals surface area contributed by atoms with Gasteiger partial charge in [-0.25, -0.2) is 0 Å². The van der Waals surface area contributed by atoms with Crippen molar-refractivity contribution in [2.45, 2.75) is 118 Å². The van der Waals surface area contributed by atoms with Crippen molar-refractivity contribution in [2.75, 3.05) is 14.1 Å². The van der Waals surface area contributed by atoms with Crippen LogP contribution in [0.5, 0.6) is 0 Å². The molecule has 1 unspecified atom stereocenters. The summed E-state index contributed by atoms with van der Waals surface area (Å²) >= 11 is 0. The lowest BCUT2D eigenvalue weighted by atomic mass is 9.61. The van der Waals surface area contributed by atoms with Crippen LogP contribution >= 0.6 is 0 Å². The first-order valence-corrected chi connectivity index (χ1v) is 10.6. The maximum atomic E-state index is 12.4.